The number of fused-ring (bicyclic) bond motifs is 1. The lowest BCUT2D eigenvalue weighted by atomic mass is 9.98. The van der Waals surface area contributed by atoms with Crippen LogP contribution >= 0.6 is 11.6 Å². The highest BCUT2D eigenvalue weighted by atomic mass is 35.5. The summed E-state index contributed by atoms with van der Waals surface area (Å²) in [5.74, 6) is -0.271. The van der Waals surface area contributed by atoms with Crippen molar-refractivity contribution in [2.75, 3.05) is 0 Å². The van der Waals surface area contributed by atoms with Crippen LogP contribution in [-0.2, 0) is 0 Å². The third-order valence-corrected chi connectivity index (χ3v) is 4.33. The molecule has 0 unspecified atom stereocenters. The Bertz CT molecular complexity index is 1030. The summed E-state index contributed by atoms with van der Waals surface area (Å²) in [7, 11) is 0. The van der Waals surface area contributed by atoms with Crippen LogP contribution in [-0.4, -0.2) is 4.98 Å². The van der Waals surface area contributed by atoms with E-state index in [9.17, 15) is 4.39 Å². The van der Waals surface area contributed by atoms with E-state index in [0.29, 0.717) is 5.02 Å². The van der Waals surface area contributed by atoms with Crippen LogP contribution in [0.4, 0.5) is 4.39 Å². The highest BCUT2D eigenvalue weighted by Gasteiger charge is 2.12. The molecule has 1 nitrogen and oxygen atoms in total. The van der Waals surface area contributed by atoms with E-state index in [0.717, 1.165) is 33.3 Å². The number of hydrogen-bond donors (Lipinski definition) is 0. The number of nitrogens with zero attached hydrogens (tertiary/aromatic N) is 1. The van der Waals surface area contributed by atoms with Gasteiger partial charge >= 0.3 is 0 Å². The molecule has 0 bridgehead atoms. The van der Waals surface area contributed by atoms with E-state index >= 15 is 0 Å². The third kappa shape index (κ3) is 2.66. The largest absolute Gasteiger partial charge is 0.248 e. The van der Waals surface area contributed by atoms with Gasteiger partial charge in [0.25, 0.3) is 0 Å². The summed E-state index contributed by atoms with van der Waals surface area (Å²) in [5, 5.41) is 1.43. The van der Waals surface area contributed by atoms with E-state index in [1.54, 1.807) is 6.07 Å². The van der Waals surface area contributed by atoms with Gasteiger partial charge in [-0.25, -0.2) is 9.37 Å². The van der Waals surface area contributed by atoms with Gasteiger partial charge in [-0.3, -0.25) is 0 Å². The van der Waals surface area contributed by atoms with Crippen molar-refractivity contribution >= 4 is 22.5 Å². The standard InChI is InChI=1S/C21H13ClFN/c22-19-9-5-4-8-16(19)21-13-17(14-6-2-1-3-7-14)18-12-15(23)10-11-20(18)24-21/h1-13H. The summed E-state index contributed by atoms with van der Waals surface area (Å²) in [6.07, 6.45) is 0. The fraction of sp³-hybridized carbons (Fsp3) is 0. The molecule has 0 fully saturated rings. The van der Waals surface area contributed by atoms with Gasteiger partial charge in [-0.05, 0) is 41.5 Å². The van der Waals surface area contributed by atoms with Gasteiger partial charge in [0.2, 0.25) is 0 Å². The van der Waals surface area contributed by atoms with Gasteiger partial charge in [-0.2, -0.15) is 0 Å². The van der Waals surface area contributed by atoms with Crippen molar-refractivity contribution in [2.24, 2.45) is 0 Å². The molecule has 24 heavy (non-hydrogen) atoms. The van der Waals surface area contributed by atoms with Crippen LogP contribution in [0.1, 0.15) is 0 Å². The third-order valence-electron chi connectivity index (χ3n) is 4.01. The maximum Gasteiger partial charge on any atom is 0.123 e. The second-order valence-electron chi connectivity index (χ2n) is 5.56. The normalized spacial score (nSPS) is 10.9. The zero-order valence-electron chi connectivity index (χ0n) is 12.7. The topological polar surface area (TPSA) is 12.9 Å². The summed E-state index contributed by atoms with van der Waals surface area (Å²) in [6, 6.07) is 24.2. The molecule has 0 atom stereocenters. The molecule has 4 rings (SSSR count). The minimum Gasteiger partial charge on any atom is -0.248 e. The van der Waals surface area contributed by atoms with Crippen molar-refractivity contribution in [1.82, 2.24) is 4.98 Å². The first-order chi connectivity index (χ1) is 11.7. The predicted octanol–water partition coefficient (Wildman–Crippen LogP) is 6.36. The maximum atomic E-state index is 13.8. The second kappa shape index (κ2) is 6.06. The van der Waals surface area contributed by atoms with Crippen LogP contribution in [0.15, 0.2) is 78.9 Å². The number of benzene rings is 3. The maximum absolute atomic E-state index is 13.8. The lowest BCUT2D eigenvalue weighted by Crippen LogP contribution is -1.91. The minimum absolute atomic E-state index is 0.271. The van der Waals surface area contributed by atoms with Crippen LogP contribution in [0.25, 0.3) is 33.3 Å². The number of halogens is 2. The van der Waals surface area contributed by atoms with E-state index in [1.165, 1.54) is 12.1 Å². The Morgan fingerprint density at radius 2 is 1.50 bits per heavy atom. The highest BCUT2D eigenvalue weighted by molar-refractivity contribution is 6.33. The van der Waals surface area contributed by atoms with E-state index in [-0.39, 0.29) is 5.82 Å². The Balaban J connectivity index is 2.05. The summed E-state index contributed by atoms with van der Waals surface area (Å²) in [6.45, 7) is 0. The average molecular weight is 334 g/mol. The van der Waals surface area contributed by atoms with Crippen LogP contribution in [0, 0.1) is 5.82 Å². The number of rotatable bonds is 2. The fourth-order valence-corrected chi connectivity index (χ4v) is 3.09. The molecular weight excluding hydrogens is 321 g/mol. The monoisotopic (exact) mass is 333 g/mol. The SMILES string of the molecule is Fc1ccc2nc(-c3ccccc3Cl)cc(-c3ccccc3)c2c1. The Morgan fingerprint density at radius 1 is 0.750 bits per heavy atom. The van der Waals surface area contributed by atoms with Gasteiger partial charge < -0.3 is 0 Å². The van der Waals surface area contributed by atoms with E-state index in [4.69, 9.17) is 11.6 Å². The van der Waals surface area contributed by atoms with E-state index in [1.807, 2.05) is 60.7 Å². The summed E-state index contributed by atoms with van der Waals surface area (Å²) in [5.41, 5.74) is 4.34. The molecule has 0 saturated carbocycles. The first-order valence-electron chi connectivity index (χ1n) is 7.63. The minimum atomic E-state index is -0.271. The molecule has 1 heterocycles. The van der Waals surface area contributed by atoms with Gasteiger partial charge in [0.15, 0.2) is 0 Å². The molecule has 0 amide bonds. The Kier molecular flexibility index (Phi) is 3.75. The fourth-order valence-electron chi connectivity index (χ4n) is 2.86. The summed E-state index contributed by atoms with van der Waals surface area (Å²) in [4.78, 5) is 4.68. The lowest BCUT2D eigenvalue weighted by molar-refractivity contribution is 0.629. The van der Waals surface area contributed by atoms with Crippen molar-refractivity contribution in [3.63, 3.8) is 0 Å². The molecule has 0 aliphatic heterocycles. The molecule has 0 saturated heterocycles. The number of pyridine rings is 1. The Morgan fingerprint density at radius 3 is 2.29 bits per heavy atom. The molecule has 116 valence electrons. The smallest absolute Gasteiger partial charge is 0.123 e. The zero-order chi connectivity index (χ0) is 16.5. The molecule has 0 spiro atoms. The summed E-state index contributed by atoms with van der Waals surface area (Å²) < 4.78 is 13.8. The molecule has 0 N–H and O–H groups in total. The van der Waals surface area contributed by atoms with Gasteiger partial charge in [0.05, 0.1) is 11.2 Å². The van der Waals surface area contributed by atoms with Crippen molar-refractivity contribution in [3.05, 3.63) is 89.7 Å². The van der Waals surface area contributed by atoms with Gasteiger partial charge in [0, 0.05) is 16.0 Å². The van der Waals surface area contributed by atoms with Crippen LogP contribution in [0.3, 0.4) is 0 Å². The first kappa shape index (κ1) is 14.9. The Labute approximate surface area is 144 Å². The van der Waals surface area contributed by atoms with Crippen LogP contribution in [0.5, 0.6) is 0 Å². The lowest BCUT2D eigenvalue weighted by Gasteiger charge is -2.11. The Hall–Kier alpha value is -2.71. The van der Waals surface area contributed by atoms with Gasteiger partial charge in [-0.1, -0.05) is 60.1 Å². The molecule has 4 aromatic rings. The number of aromatic nitrogens is 1. The molecule has 1 aromatic heterocycles. The number of hydrogen-bond acceptors (Lipinski definition) is 1. The van der Waals surface area contributed by atoms with E-state index < -0.39 is 0 Å². The van der Waals surface area contributed by atoms with Gasteiger partial charge in [-0.15, -0.1) is 0 Å². The van der Waals surface area contributed by atoms with Crippen LogP contribution < -0.4 is 0 Å². The summed E-state index contributed by atoms with van der Waals surface area (Å²) >= 11 is 6.33. The molecular formula is C21H13ClFN. The predicted molar refractivity (Wildman–Crippen MR) is 97.6 cm³/mol. The van der Waals surface area contributed by atoms with Crippen molar-refractivity contribution in [2.45, 2.75) is 0 Å². The van der Waals surface area contributed by atoms with Crippen molar-refractivity contribution < 1.29 is 4.39 Å². The zero-order valence-corrected chi connectivity index (χ0v) is 13.5. The molecule has 0 aliphatic carbocycles. The van der Waals surface area contributed by atoms with Gasteiger partial charge in [0.1, 0.15) is 5.82 Å². The van der Waals surface area contributed by atoms with Crippen molar-refractivity contribution in [1.29, 1.82) is 0 Å². The molecule has 0 aliphatic rings. The average Bonchev–Trinajstić information content (AvgIpc) is 2.62. The van der Waals surface area contributed by atoms with Crippen LogP contribution in [0.2, 0.25) is 5.02 Å². The first-order valence-corrected chi connectivity index (χ1v) is 8.01. The highest BCUT2D eigenvalue weighted by Crippen LogP contribution is 2.34. The van der Waals surface area contributed by atoms with Crippen molar-refractivity contribution in [3.8, 4) is 22.4 Å². The second-order valence-corrected chi connectivity index (χ2v) is 5.97. The van der Waals surface area contributed by atoms with E-state index in [2.05, 4.69) is 4.98 Å². The molecule has 0 radical (unpaired) electrons. The molecule has 3 heteroatoms. The quantitative estimate of drug-likeness (QED) is 0.416. The molecule has 3 aromatic carbocycles.